The first-order valence-corrected chi connectivity index (χ1v) is 22.8. The summed E-state index contributed by atoms with van der Waals surface area (Å²) in [6, 6.07) is 84.2. The van der Waals surface area contributed by atoms with E-state index >= 15 is 0 Å². The van der Waals surface area contributed by atoms with Crippen LogP contribution in [-0.4, -0.2) is 4.57 Å². The first-order valence-electron chi connectivity index (χ1n) is 22.0. The summed E-state index contributed by atoms with van der Waals surface area (Å²) in [5, 5.41) is 7.59. The third-order valence-corrected chi connectivity index (χ3v) is 13.5. The van der Waals surface area contributed by atoms with E-state index in [1.165, 1.54) is 86.1 Å². The largest absolute Gasteiger partial charge is 0.310 e. The molecule has 0 saturated carbocycles. The molecule has 0 aliphatic carbocycles. The van der Waals surface area contributed by atoms with Gasteiger partial charge in [0.15, 0.2) is 0 Å². The number of hydrogen-bond donors (Lipinski definition) is 0. The molecule has 0 amide bonds. The Morgan fingerprint density at radius 3 is 1.62 bits per heavy atom. The molecule has 0 unspecified atom stereocenters. The molecule has 0 fully saturated rings. The second-order valence-corrected chi connectivity index (χ2v) is 17.3. The highest BCUT2D eigenvalue weighted by molar-refractivity contribution is 7.26. The van der Waals surface area contributed by atoms with Crippen molar-refractivity contribution in [1.29, 1.82) is 0 Å². The monoisotopic (exact) mass is 848 g/mol. The minimum absolute atomic E-state index is 1.10. The number of fused-ring (bicyclic) bond motifs is 8. The van der Waals surface area contributed by atoms with Crippen LogP contribution in [0.5, 0.6) is 0 Å². The Morgan fingerprint density at radius 1 is 0.385 bits per heavy atom. The van der Waals surface area contributed by atoms with Crippen LogP contribution in [0.2, 0.25) is 0 Å². The van der Waals surface area contributed by atoms with Gasteiger partial charge in [-0.2, -0.15) is 0 Å². The van der Waals surface area contributed by atoms with Crippen molar-refractivity contribution in [2.45, 2.75) is 0 Å². The second kappa shape index (κ2) is 17.1. The maximum Gasteiger partial charge on any atom is 0.0619 e. The zero-order chi connectivity index (χ0) is 43.7. The Kier molecular flexibility index (Phi) is 10.4. The van der Waals surface area contributed by atoms with Crippen LogP contribution in [0.15, 0.2) is 256 Å². The topological polar surface area (TPSA) is 8.17 Å². The summed E-state index contributed by atoms with van der Waals surface area (Å²) in [7, 11) is 0. The van der Waals surface area contributed by atoms with Crippen molar-refractivity contribution in [3.05, 3.63) is 256 Å². The molecule has 0 spiro atoms. The van der Waals surface area contributed by atoms with Crippen LogP contribution in [0.1, 0.15) is 0 Å². The molecule has 12 aromatic rings. The lowest BCUT2D eigenvalue weighted by atomic mass is 9.97. The highest BCUT2D eigenvalue weighted by Crippen LogP contribution is 2.47. The van der Waals surface area contributed by atoms with Gasteiger partial charge in [0.05, 0.1) is 16.7 Å². The van der Waals surface area contributed by atoms with Gasteiger partial charge in [-0.1, -0.05) is 189 Å². The number of rotatable bonds is 8. The average molecular weight is 849 g/mol. The zero-order valence-corrected chi connectivity index (χ0v) is 36.6. The molecule has 65 heavy (non-hydrogen) atoms. The van der Waals surface area contributed by atoms with Gasteiger partial charge < -0.3 is 9.47 Å². The molecule has 2 heterocycles. The number of nitrogens with zero attached hydrogens (tertiary/aromatic N) is 2. The molecule has 3 heteroatoms. The lowest BCUT2D eigenvalue weighted by Gasteiger charge is -2.28. The Morgan fingerprint density at radius 2 is 0.938 bits per heavy atom. The van der Waals surface area contributed by atoms with Crippen LogP contribution in [0.4, 0.5) is 17.1 Å². The number of para-hydroxylation sites is 1. The predicted octanol–water partition coefficient (Wildman–Crippen LogP) is 18.1. The number of allylic oxidation sites excluding steroid dienone is 2. The molecule has 0 saturated heterocycles. The predicted molar refractivity (Wildman–Crippen MR) is 283 cm³/mol. The smallest absolute Gasteiger partial charge is 0.0619 e. The van der Waals surface area contributed by atoms with E-state index in [0.717, 1.165) is 22.7 Å². The molecule has 0 bridgehead atoms. The molecule has 12 rings (SSSR count). The Balaban J connectivity index is 0.00000113. The van der Waals surface area contributed by atoms with Crippen molar-refractivity contribution in [2.75, 3.05) is 4.90 Å². The fourth-order valence-corrected chi connectivity index (χ4v) is 10.4. The first-order chi connectivity index (χ1) is 32.2. The van der Waals surface area contributed by atoms with Crippen LogP contribution >= 0.6 is 11.3 Å². The van der Waals surface area contributed by atoms with E-state index < -0.39 is 0 Å². The van der Waals surface area contributed by atoms with Crippen molar-refractivity contribution < 1.29 is 0 Å². The maximum absolute atomic E-state index is 3.36. The van der Waals surface area contributed by atoms with Crippen molar-refractivity contribution in [3.8, 4) is 39.1 Å². The summed E-state index contributed by atoms with van der Waals surface area (Å²) >= 11 is 1.86. The Hall–Kier alpha value is -8.24. The highest BCUT2D eigenvalue weighted by atomic mass is 32.1. The van der Waals surface area contributed by atoms with Gasteiger partial charge in [-0.25, -0.2) is 0 Å². The van der Waals surface area contributed by atoms with Crippen LogP contribution in [-0.2, 0) is 0 Å². The summed E-state index contributed by atoms with van der Waals surface area (Å²) in [6.07, 6.45) is 3.28. The maximum atomic E-state index is 3.36. The van der Waals surface area contributed by atoms with Crippen molar-refractivity contribution in [1.82, 2.24) is 4.57 Å². The summed E-state index contributed by atoms with van der Waals surface area (Å²) in [4.78, 5) is 2.46. The van der Waals surface area contributed by atoms with Gasteiger partial charge in [-0.05, 0) is 105 Å². The lowest BCUT2D eigenvalue weighted by Crippen LogP contribution is -2.10. The third-order valence-electron chi connectivity index (χ3n) is 12.3. The summed E-state index contributed by atoms with van der Waals surface area (Å²) < 4.78 is 5.00. The van der Waals surface area contributed by atoms with Gasteiger partial charge in [0.2, 0.25) is 0 Å². The normalized spacial score (nSPS) is 11.2. The van der Waals surface area contributed by atoms with Gasteiger partial charge >= 0.3 is 0 Å². The van der Waals surface area contributed by atoms with Crippen LogP contribution in [0.25, 0.3) is 91.8 Å². The Labute approximate surface area is 383 Å². The number of anilines is 3. The summed E-state index contributed by atoms with van der Waals surface area (Å²) in [5.74, 6) is 0. The lowest BCUT2D eigenvalue weighted by molar-refractivity contribution is 1.19. The van der Waals surface area contributed by atoms with Crippen LogP contribution < -0.4 is 4.90 Å². The number of hydrogen-bond acceptors (Lipinski definition) is 2. The highest BCUT2D eigenvalue weighted by Gasteiger charge is 2.21. The van der Waals surface area contributed by atoms with Gasteiger partial charge in [-0.3, -0.25) is 0 Å². The molecule has 0 radical (unpaired) electrons. The third kappa shape index (κ3) is 7.28. The molecular weight excluding hydrogens is 805 g/mol. The van der Waals surface area contributed by atoms with Gasteiger partial charge in [-0.15, -0.1) is 11.3 Å². The fourth-order valence-electron chi connectivity index (χ4n) is 9.31. The molecule has 10 aromatic carbocycles. The van der Waals surface area contributed by atoms with Gasteiger partial charge in [0.1, 0.15) is 0 Å². The molecular formula is C62H44N2S. The fraction of sp³-hybridized carbons (Fsp3) is 0. The SMILES string of the molecule is C=CC=C.c1ccc(-c2cc(-c3ccccc3)cc(N(c3ccc(-c4ccc(-n5c6ccccc6c6ccc7ccccc7c65)cc4)cc3)c3cccc4sc5ccccc5c34)c2)cc1. The number of benzene rings is 10. The van der Waals surface area contributed by atoms with Crippen LogP contribution in [0, 0.1) is 0 Å². The van der Waals surface area contributed by atoms with Crippen molar-refractivity contribution in [3.63, 3.8) is 0 Å². The molecule has 0 aliphatic heterocycles. The minimum Gasteiger partial charge on any atom is -0.310 e. The molecule has 308 valence electrons. The summed E-state index contributed by atoms with van der Waals surface area (Å²) in [6.45, 7) is 6.72. The summed E-state index contributed by atoms with van der Waals surface area (Å²) in [5.41, 5.74) is 14.1. The van der Waals surface area contributed by atoms with E-state index in [0.29, 0.717) is 0 Å². The molecule has 0 atom stereocenters. The van der Waals surface area contributed by atoms with Crippen molar-refractivity contribution >= 4 is 81.1 Å². The first kappa shape index (κ1) is 39.6. The minimum atomic E-state index is 1.10. The van der Waals surface area contributed by atoms with E-state index in [1.807, 2.05) is 11.3 Å². The molecule has 2 aromatic heterocycles. The quantitative estimate of drug-likeness (QED) is 0.138. The molecule has 2 nitrogen and oxygen atoms in total. The number of thiophene rings is 1. The van der Waals surface area contributed by atoms with E-state index in [9.17, 15) is 0 Å². The molecule has 0 aliphatic rings. The zero-order valence-electron chi connectivity index (χ0n) is 35.8. The van der Waals surface area contributed by atoms with Crippen LogP contribution in [0.3, 0.4) is 0 Å². The molecule has 0 N–H and O–H groups in total. The Bertz CT molecular complexity index is 3610. The van der Waals surface area contributed by atoms with E-state index in [2.05, 4.69) is 253 Å². The number of aromatic nitrogens is 1. The standard InChI is InChI=1S/C58H38N2S.C4H6/c1-3-14-39(15-4-1)44-36-45(40-16-5-2-6-17-40)38-48(37-44)59(54-23-13-25-56-57(54)52-21-10-12-24-55(52)61-56)46-31-26-41(27-32-46)42-28-33-47(34-29-42)60-53-22-11-9-20-50(53)51-35-30-43-18-7-8-19-49(43)58(51)60;1-3-4-2/h1-38H;3-4H,1-2H2. The van der Waals surface area contributed by atoms with E-state index in [1.54, 1.807) is 12.2 Å². The van der Waals surface area contributed by atoms with Gasteiger partial charge in [0, 0.05) is 53.4 Å². The average Bonchev–Trinajstić information content (AvgIpc) is 3.94. The van der Waals surface area contributed by atoms with E-state index in [4.69, 9.17) is 0 Å². The van der Waals surface area contributed by atoms with Gasteiger partial charge in [0.25, 0.3) is 0 Å². The van der Waals surface area contributed by atoms with E-state index in [-0.39, 0.29) is 0 Å². The van der Waals surface area contributed by atoms with Crippen molar-refractivity contribution in [2.24, 2.45) is 0 Å². The second-order valence-electron chi connectivity index (χ2n) is 16.2.